The van der Waals surface area contributed by atoms with Crippen LogP contribution in [0.3, 0.4) is 0 Å². The molecule has 0 amide bonds. The molecule has 0 radical (unpaired) electrons. The average Bonchev–Trinajstić information content (AvgIpc) is 2.45. The summed E-state index contributed by atoms with van der Waals surface area (Å²) in [5.74, 6) is 0.898. The monoisotopic (exact) mass is 331 g/mol. The molecule has 2 rings (SSSR count). The van der Waals surface area contributed by atoms with Gasteiger partial charge in [0.05, 0.1) is 0 Å². The lowest BCUT2D eigenvalue weighted by atomic mass is 10.1. The predicted octanol–water partition coefficient (Wildman–Crippen LogP) is 4.93. The molecule has 0 bridgehead atoms. The Kier molecular flexibility index (Phi) is 5.24. The second kappa shape index (κ2) is 7.15. The molecule has 0 aliphatic carbocycles. The molecule has 0 fully saturated rings. The van der Waals surface area contributed by atoms with E-state index in [4.69, 9.17) is 4.74 Å². The van der Waals surface area contributed by atoms with Gasteiger partial charge in [-0.2, -0.15) is 0 Å². The zero-order valence-corrected chi connectivity index (χ0v) is 13.1. The van der Waals surface area contributed by atoms with Gasteiger partial charge in [-0.15, -0.1) is 0 Å². The smallest absolute Gasteiger partial charge is 0.124 e. The van der Waals surface area contributed by atoms with E-state index in [1.165, 1.54) is 5.56 Å². The second-order valence-electron chi connectivity index (χ2n) is 4.52. The standard InChI is InChI=1S/C17H18BrNO/c1-3-10-20-17-7-5-4-6-14(17)12-19-16-9-8-15(18)11-13(16)2/h3-9,11,19H,1,10,12H2,2H3. The van der Waals surface area contributed by atoms with Gasteiger partial charge in [-0.3, -0.25) is 0 Å². The Morgan fingerprint density at radius 2 is 2.05 bits per heavy atom. The Morgan fingerprint density at radius 3 is 2.80 bits per heavy atom. The highest BCUT2D eigenvalue weighted by molar-refractivity contribution is 9.10. The lowest BCUT2D eigenvalue weighted by Crippen LogP contribution is -2.04. The third kappa shape index (κ3) is 3.87. The number of halogens is 1. The zero-order chi connectivity index (χ0) is 14.4. The zero-order valence-electron chi connectivity index (χ0n) is 11.5. The summed E-state index contributed by atoms with van der Waals surface area (Å²) in [4.78, 5) is 0. The molecule has 0 unspecified atom stereocenters. The van der Waals surface area contributed by atoms with Crippen LogP contribution < -0.4 is 10.1 Å². The molecule has 0 heterocycles. The predicted molar refractivity (Wildman–Crippen MR) is 88.3 cm³/mol. The highest BCUT2D eigenvalue weighted by Gasteiger charge is 2.04. The summed E-state index contributed by atoms with van der Waals surface area (Å²) in [5.41, 5.74) is 3.48. The van der Waals surface area contributed by atoms with Gasteiger partial charge >= 0.3 is 0 Å². The lowest BCUT2D eigenvalue weighted by Gasteiger charge is -2.13. The van der Waals surface area contributed by atoms with Gasteiger partial charge in [0.1, 0.15) is 12.4 Å². The number of aryl methyl sites for hydroxylation is 1. The topological polar surface area (TPSA) is 21.3 Å². The van der Waals surface area contributed by atoms with Gasteiger partial charge in [0.25, 0.3) is 0 Å². The number of ether oxygens (including phenoxy) is 1. The molecule has 2 nitrogen and oxygen atoms in total. The quantitative estimate of drug-likeness (QED) is 0.757. The molecule has 3 heteroatoms. The van der Waals surface area contributed by atoms with Gasteiger partial charge in [-0.1, -0.05) is 46.8 Å². The third-order valence-corrected chi connectivity index (χ3v) is 3.48. The normalized spacial score (nSPS) is 10.1. The van der Waals surface area contributed by atoms with Crippen LogP contribution in [-0.2, 0) is 6.54 Å². The van der Waals surface area contributed by atoms with E-state index in [0.29, 0.717) is 6.61 Å². The maximum Gasteiger partial charge on any atom is 0.124 e. The van der Waals surface area contributed by atoms with E-state index in [1.54, 1.807) is 6.08 Å². The Morgan fingerprint density at radius 1 is 1.25 bits per heavy atom. The van der Waals surface area contributed by atoms with Crippen molar-refractivity contribution < 1.29 is 4.74 Å². The highest BCUT2D eigenvalue weighted by atomic mass is 79.9. The van der Waals surface area contributed by atoms with Crippen LogP contribution in [0.1, 0.15) is 11.1 Å². The van der Waals surface area contributed by atoms with E-state index in [9.17, 15) is 0 Å². The van der Waals surface area contributed by atoms with E-state index in [2.05, 4.69) is 52.9 Å². The van der Waals surface area contributed by atoms with Crippen molar-refractivity contribution in [3.05, 3.63) is 70.7 Å². The van der Waals surface area contributed by atoms with Gasteiger partial charge < -0.3 is 10.1 Å². The third-order valence-electron chi connectivity index (χ3n) is 2.99. The summed E-state index contributed by atoms with van der Waals surface area (Å²) < 4.78 is 6.75. The molecule has 0 aliphatic rings. The molecule has 0 aromatic heterocycles. The SMILES string of the molecule is C=CCOc1ccccc1CNc1ccc(Br)cc1C. The number of benzene rings is 2. The Balaban J connectivity index is 2.08. The van der Waals surface area contributed by atoms with E-state index >= 15 is 0 Å². The Hall–Kier alpha value is -1.74. The summed E-state index contributed by atoms with van der Waals surface area (Å²) in [6.07, 6.45) is 1.75. The van der Waals surface area contributed by atoms with E-state index in [0.717, 1.165) is 28.0 Å². The summed E-state index contributed by atoms with van der Waals surface area (Å²) in [7, 11) is 0. The van der Waals surface area contributed by atoms with Crippen molar-refractivity contribution in [3.8, 4) is 5.75 Å². The number of hydrogen-bond donors (Lipinski definition) is 1. The molecule has 0 spiro atoms. The lowest BCUT2D eigenvalue weighted by molar-refractivity contribution is 0.359. The number of nitrogens with one attached hydrogen (secondary N) is 1. The summed E-state index contributed by atoms with van der Waals surface area (Å²) in [5, 5.41) is 3.45. The maximum absolute atomic E-state index is 5.66. The van der Waals surface area contributed by atoms with Gasteiger partial charge in [-0.05, 0) is 36.8 Å². The molecule has 0 aliphatic heterocycles. The second-order valence-corrected chi connectivity index (χ2v) is 5.44. The van der Waals surface area contributed by atoms with E-state index in [-0.39, 0.29) is 0 Å². The van der Waals surface area contributed by atoms with Crippen LogP contribution in [-0.4, -0.2) is 6.61 Å². The van der Waals surface area contributed by atoms with Crippen LogP contribution in [0, 0.1) is 6.92 Å². The maximum atomic E-state index is 5.66. The molecule has 104 valence electrons. The fourth-order valence-corrected chi connectivity index (χ4v) is 2.43. The first-order valence-electron chi connectivity index (χ1n) is 6.52. The molecule has 2 aromatic rings. The summed E-state index contributed by atoms with van der Waals surface area (Å²) >= 11 is 3.48. The Bertz CT molecular complexity index is 595. The van der Waals surface area contributed by atoms with Crippen molar-refractivity contribution in [2.24, 2.45) is 0 Å². The molecule has 2 aromatic carbocycles. The van der Waals surface area contributed by atoms with Crippen LogP contribution in [0.15, 0.2) is 59.6 Å². The Labute approximate surface area is 128 Å². The number of para-hydroxylation sites is 1. The minimum Gasteiger partial charge on any atom is -0.489 e. The van der Waals surface area contributed by atoms with Crippen molar-refractivity contribution in [2.75, 3.05) is 11.9 Å². The van der Waals surface area contributed by atoms with Crippen LogP contribution in [0.25, 0.3) is 0 Å². The average molecular weight is 332 g/mol. The van der Waals surface area contributed by atoms with Gasteiger partial charge in [0.15, 0.2) is 0 Å². The minimum absolute atomic E-state index is 0.522. The highest BCUT2D eigenvalue weighted by Crippen LogP contribution is 2.23. The van der Waals surface area contributed by atoms with Crippen molar-refractivity contribution in [1.29, 1.82) is 0 Å². The first-order valence-corrected chi connectivity index (χ1v) is 7.31. The van der Waals surface area contributed by atoms with Crippen molar-refractivity contribution in [3.63, 3.8) is 0 Å². The number of hydrogen-bond acceptors (Lipinski definition) is 2. The molecular weight excluding hydrogens is 314 g/mol. The first-order chi connectivity index (χ1) is 9.70. The molecule has 0 atom stereocenters. The van der Waals surface area contributed by atoms with Gasteiger partial charge in [0.2, 0.25) is 0 Å². The molecule has 20 heavy (non-hydrogen) atoms. The van der Waals surface area contributed by atoms with Crippen LogP contribution in [0.5, 0.6) is 5.75 Å². The van der Waals surface area contributed by atoms with Crippen molar-refractivity contribution >= 4 is 21.6 Å². The van der Waals surface area contributed by atoms with Crippen LogP contribution >= 0.6 is 15.9 Å². The molecule has 0 saturated heterocycles. The van der Waals surface area contributed by atoms with Gasteiger partial charge in [0, 0.05) is 22.3 Å². The fraction of sp³-hybridized carbons (Fsp3) is 0.176. The molecule has 0 saturated carbocycles. The fourth-order valence-electron chi connectivity index (χ4n) is 1.96. The number of rotatable bonds is 6. The summed E-state index contributed by atoms with van der Waals surface area (Å²) in [6, 6.07) is 14.3. The van der Waals surface area contributed by atoms with E-state index in [1.807, 2.05) is 24.3 Å². The van der Waals surface area contributed by atoms with Crippen LogP contribution in [0.4, 0.5) is 5.69 Å². The van der Waals surface area contributed by atoms with Gasteiger partial charge in [-0.25, -0.2) is 0 Å². The summed E-state index contributed by atoms with van der Waals surface area (Å²) in [6.45, 7) is 7.02. The van der Waals surface area contributed by atoms with Crippen molar-refractivity contribution in [2.45, 2.75) is 13.5 Å². The van der Waals surface area contributed by atoms with Crippen molar-refractivity contribution in [1.82, 2.24) is 0 Å². The van der Waals surface area contributed by atoms with E-state index < -0.39 is 0 Å². The molecule has 1 N–H and O–H groups in total. The largest absolute Gasteiger partial charge is 0.489 e. The number of anilines is 1. The minimum atomic E-state index is 0.522. The van der Waals surface area contributed by atoms with Crippen LogP contribution in [0.2, 0.25) is 0 Å². The first kappa shape index (κ1) is 14.7. The molecular formula is C17H18BrNO.